The molecule has 0 amide bonds. The van der Waals surface area contributed by atoms with Crippen LogP contribution in [0, 0.1) is 5.92 Å². The Labute approximate surface area is 127 Å². The Bertz CT molecular complexity index is 652. The number of fused-ring (bicyclic) bond motifs is 1. The Morgan fingerprint density at radius 2 is 2.14 bits per heavy atom. The summed E-state index contributed by atoms with van der Waals surface area (Å²) < 4.78 is 1.01. The van der Waals surface area contributed by atoms with Crippen LogP contribution in [0.15, 0.2) is 24.3 Å². The number of hydrogen-bond acceptors (Lipinski definition) is 4. The molecule has 5 heteroatoms. The van der Waals surface area contributed by atoms with Crippen molar-refractivity contribution in [3.8, 4) is 0 Å². The van der Waals surface area contributed by atoms with Crippen molar-refractivity contribution in [2.24, 2.45) is 5.92 Å². The quantitative estimate of drug-likeness (QED) is 0.794. The number of carbonyl (C=O) groups is 1. The average Bonchev–Trinajstić information content (AvgIpc) is 3.04. The molecule has 0 radical (unpaired) electrons. The molecule has 21 heavy (non-hydrogen) atoms. The Kier molecular flexibility index (Phi) is 4.24. The highest BCUT2D eigenvalue weighted by atomic mass is 32.1. The number of nitrogens with one attached hydrogen (secondary N) is 1. The minimum absolute atomic E-state index is 0.212. The van der Waals surface area contributed by atoms with E-state index in [-0.39, 0.29) is 6.10 Å². The van der Waals surface area contributed by atoms with E-state index < -0.39 is 5.97 Å². The van der Waals surface area contributed by atoms with Crippen molar-refractivity contribution in [2.45, 2.75) is 31.9 Å². The molecule has 1 aromatic heterocycles. The van der Waals surface area contributed by atoms with Gasteiger partial charge in [-0.05, 0) is 35.8 Å². The van der Waals surface area contributed by atoms with Crippen molar-refractivity contribution in [3.63, 3.8) is 0 Å². The summed E-state index contributed by atoms with van der Waals surface area (Å²) in [7, 11) is 0. The van der Waals surface area contributed by atoms with Gasteiger partial charge in [-0.3, -0.25) is 0 Å². The summed E-state index contributed by atoms with van der Waals surface area (Å²) in [6.07, 6.45) is 2.80. The lowest BCUT2D eigenvalue weighted by atomic mass is 10.1. The molecule has 1 saturated carbocycles. The van der Waals surface area contributed by atoms with Crippen LogP contribution < -0.4 is 5.32 Å². The largest absolute Gasteiger partial charge is 0.477 e. The van der Waals surface area contributed by atoms with Gasteiger partial charge in [0.25, 0.3) is 0 Å². The van der Waals surface area contributed by atoms with E-state index in [0.29, 0.717) is 17.3 Å². The zero-order valence-corrected chi connectivity index (χ0v) is 12.5. The van der Waals surface area contributed by atoms with Crippen molar-refractivity contribution >= 4 is 27.4 Å². The predicted octanol–water partition coefficient (Wildman–Crippen LogP) is 2.85. The lowest BCUT2D eigenvalue weighted by Gasteiger charge is -2.15. The van der Waals surface area contributed by atoms with Gasteiger partial charge >= 0.3 is 5.97 Å². The Morgan fingerprint density at radius 1 is 1.33 bits per heavy atom. The minimum atomic E-state index is -0.867. The van der Waals surface area contributed by atoms with Crippen molar-refractivity contribution in [1.29, 1.82) is 0 Å². The maximum absolute atomic E-state index is 11.4. The molecular formula is C16H19NO3S. The van der Waals surface area contributed by atoms with Crippen molar-refractivity contribution < 1.29 is 15.0 Å². The first-order valence-electron chi connectivity index (χ1n) is 7.29. The van der Waals surface area contributed by atoms with Crippen LogP contribution in [0.4, 0.5) is 0 Å². The third-order valence-electron chi connectivity index (χ3n) is 4.22. The van der Waals surface area contributed by atoms with Gasteiger partial charge in [0.2, 0.25) is 0 Å². The number of rotatable bonds is 5. The standard InChI is InChI=1S/C16H19NO3S/c18-13-6-3-4-10(13)8-17-9-12-11-5-1-2-7-14(11)21-15(12)16(19)20/h1-2,5,7,10,13,17-18H,3-4,6,8-9H2,(H,19,20). The predicted molar refractivity (Wildman–Crippen MR) is 83.8 cm³/mol. The summed E-state index contributed by atoms with van der Waals surface area (Å²) in [6.45, 7) is 1.28. The van der Waals surface area contributed by atoms with E-state index in [1.165, 1.54) is 11.3 Å². The van der Waals surface area contributed by atoms with Gasteiger partial charge in [0.15, 0.2) is 0 Å². The molecule has 0 spiro atoms. The van der Waals surface area contributed by atoms with Gasteiger partial charge in [0.05, 0.1) is 6.10 Å². The Hall–Kier alpha value is -1.43. The highest BCUT2D eigenvalue weighted by Gasteiger charge is 2.25. The van der Waals surface area contributed by atoms with Crippen LogP contribution in [-0.2, 0) is 6.54 Å². The number of aromatic carboxylic acids is 1. The molecule has 1 aromatic carbocycles. The fourth-order valence-corrected chi connectivity index (χ4v) is 4.15. The lowest BCUT2D eigenvalue weighted by molar-refractivity contribution is 0.0701. The van der Waals surface area contributed by atoms with Crippen LogP contribution in [0.25, 0.3) is 10.1 Å². The first kappa shape index (κ1) is 14.5. The average molecular weight is 305 g/mol. The molecule has 3 N–H and O–H groups in total. The summed E-state index contributed by atoms with van der Waals surface area (Å²) in [5.74, 6) is -0.572. The van der Waals surface area contributed by atoms with Crippen LogP contribution in [0.3, 0.4) is 0 Å². The first-order chi connectivity index (χ1) is 10.2. The molecule has 0 aliphatic heterocycles. The van der Waals surface area contributed by atoms with E-state index in [2.05, 4.69) is 5.32 Å². The molecule has 1 heterocycles. The number of hydrogen-bond donors (Lipinski definition) is 3. The van der Waals surface area contributed by atoms with E-state index in [1.807, 2.05) is 24.3 Å². The van der Waals surface area contributed by atoms with Crippen molar-refractivity contribution in [2.75, 3.05) is 6.54 Å². The highest BCUT2D eigenvalue weighted by molar-refractivity contribution is 7.21. The molecule has 1 fully saturated rings. The third-order valence-corrected chi connectivity index (χ3v) is 5.42. The van der Waals surface area contributed by atoms with Crippen LogP contribution in [-0.4, -0.2) is 28.8 Å². The van der Waals surface area contributed by atoms with Gasteiger partial charge in [0, 0.05) is 17.8 Å². The SMILES string of the molecule is O=C(O)c1sc2ccccc2c1CNCC1CCCC1O. The van der Waals surface area contributed by atoms with Crippen LogP contribution in [0.1, 0.15) is 34.5 Å². The van der Waals surface area contributed by atoms with Crippen molar-refractivity contribution in [3.05, 3.63) is 34.7 Å². The molecule has 1 aliphatic rings. The molecule has 4 nitrogen and oxygen atoms in total. The fraction of sp³-hybridized carbons (Fsp3) is 0.438. The monoisotopic (exact) mass is 305 g/mol. The zero-order chi connectivity index (χ0) is 14.8. The Balaban J connectivity index is 1.76. The summed E-state index contributed by atoms with van der Waals surface area (Å²) in [5, 5.41) is 23.5. The van der Waals surface area contributed by atoms with E-state index in [9.17, 15) is 15.0 Å². The molecule has 112 valence electrons. The number of thiophene rings is 1. The second kappa shape index (κ2) is 6.13. The third kappa shape index (κ3) is 2.95. The summed E-state index contributed by atoms with van der Waals surface area (Å²) in [5.41, 5.74) is 0.857. The van der Waals surface area contributed by atoms with Crippen LogP contribution in [0.2, 0.25) is 0 Å². The minimum Gasteiger partial charge on any atom is -0.477 e. The van der Waals surface area contributed by atoms with Gasteiger partial charge in [-0.2, -0.15) is 0 Å². The van der Waals surface area contributed by atoms with Crippen LogP contribution >= 0.6 is 11.3 Å². The van der Waals surface area contributed by atoms with E-state index in [4.69, 9.17) is 0 Å². The van der Waals surface area contributed by atoms with Crippen molar-refractivity contribution in [1.82, 2.24) is 5.32 Å². The highest BCUT2D eigenvalue weighted by Crippen LogP contribution is 2.31. The van der Waals surface area contributed by atoms with E-state index in [0.717, 1.165) is 41.5 Å². The maximum atomic E-state index is 11.4. The summed E-state index contributed by atoms with van der Waals surface area (Å²) in [6, 6.07) is 7.79. The summed E-state index contributed by atoms with van der Waals surface area (Å²) >= 11 is 1.33. The van der Waals surface area contributed by atoms with Gasteiger partial charge in [0.1, 0.15) is 4.88 Å². The number of benzene rings is 1. The van der Waals surface area contributed by atoms with Crippen LogP contribution in [0.5, 0.6) is 0 Å². The molecular weight excluding hydrogens is 286 g/mol. The molecule has 2 unspecified atom stereocenters. The van der Waals surface area contributed by atoms with Gasteiger partial charge < -0.3 is 15.5 Å². The molecule has 0 saturated heterocycles. The molecule has 0 bridgehead atoms. The normalized spacial score (nSPS) is 22.0. The topological polar surface area (TPSA) is 69.6 Å². The van der Waals surface area contributed by atoms with Gasteiger partial charge in [-0.25, -0.2) is 4.79 Å². The number of aliphatic hydroxyl groups is 1. The van der Waals surface area contributed by atoms with Gasteiger partial charge in [-0.15, -0.1) is 11.3 Å². The summed E-state index contributed by atoms with van der Waals surface area (Å²) in [4.78, 5) is 11.8. The lowest BCUT2D eigenvalue weighted by Crippen LogP contribution is -2.27. The maximum Gasteiger partial charge on any atom is 0.346 e. The van der Waals surface area contributed by atoms with Gasteiger partial charge in [-0.1, -0.05) is 24.6 Å². The smallest absolute Gasteiger partial charge is 0.346 e. The molecule has 2 atom stereocenters. The van der Waals surface area contributed by atoms with E-state index in [1.54, 1.807) is 0 Å². The first-order valence-corrected chi connectivity index (χ1v) is 8.11. The Morgan fingerprint density at radius 3 is 2.86 bits per heavy atom. The fourth-order valence-electron chi connectivity index (χ4n) is 3.08. The number of carboxylic acid groups (broad SMARTS) is 1. The zero-order valence-electron chi connectivity index (χ0n) is 11.7. The molecule has 3 rings (SSSR count). The number of carboxylic acids is 1. The molecule has 2 aromatic rings. The second-order valence-corrected chi connectivity index (χ2v) is 6.65. The second-order valence-electron chi connectivity index (χ2n) is 5.60. The van der Waals surface area contributed by atoms with E-state index >= 15 is 0 Å². The molecule has 1 aliphatic carbocycles. The number of aliphatic hydroxyl groups excluding tert-OH is 1.